The Labute approximate surface area is 101 Å². The van der Waals surface area contributed by atoms with Crippen LogP contribution >= 0.6 is 15.9 Å². The second-order valence-electron chi connectivity index (χ2n) is 2.03. The van der Waals surface area contributed by atoms with E-state index in [4.69, 9.17) is 0 Å². The zero-order valence-corrected chi connectivity index (χ0v) is 10.2. The van der Waals surface area contributed by atoms with Crippen LogP contribution in [0, 0.1) is 17.0 Å². The van der Waals surface area contributed by atoms with Crippen LogP contribution in [0.25, 0.3) is 0 Å². The summed E-state index contributed by atoms with van der Waals surface area (Å²) in [5, 5.41) is 10.3. The van der Waals surface area contributed by atoms with Crippen molar-refractivity contribution in [2.24, 2.45) is 0 Å². The van der Waals surface area contributed by atoms with Crippen molar-refractivity contribution in [2.45, 2.75) is 0 Å². The largest absolute Gasteiger partial charge is 1.00 e. The van der Waals surface area contributed by atoms with E-state index in [-0.39, 0.29) is 35.2 Å². The molecule has 0 bridgehead atoms. The first-order valence-corrected chi connectivity index (χ1v) is 3.66. The molecule has 0 saturated heterocycles. The predicted molar refractivity (Wildman–Crippen MR) is 45.3 cm³/mol. The number of nitrogens with zero attached hydrogens (tertiary/aromatic N) is 1. The van der Waals surface area contributed by atoms with Crippen molar-refractivity contribution in [2.75, 3.05) is 0 Å². The van der Waals surface area contributed by atoms with E-state index in [0.29, 0.717) is 10.0 Å². The van der Waals surface area contributed by atoms with Gasteiger partial charge in [0.05, 0.1) is 0 Å². The number of nitro groups is 1. The number of halogens is 1. The van der Waals surface area contributed by atoms with Gasteiger partial charge in [-0.15, -0.1) is 11.6 Å². The molecule has 5 heteroatoms. The van der Waals surface area contributed by atoms with Gasteiger partial charge in [0.15, 0.2) is 5.69 Å². The van der Waals surface area contributed by atoms with Gasteiger partial charge in [0.1, 0.15) is 0 Å². The van der Waals surface area contributed by atoms with Gasteiger partial charge in [0.2, 0.25) is 0 Å². The van der Waals surface area contributed by atoms with Crippen LogP contribution in [0.1, 0.15) is 5.56 Å². The molecule has 1 aromatic rings. The first kappa shape index (κ1) is 12.0. The molecule has 3 nitrogen and oxygen atoms in total. The van der Waals surface area contributed by atoms with E-state index in [0.717, 1.165) is 0 Å². The molecule has 0 radical (unpaired) electrons. The molecule has 0 heterocycles. The summed E-state index contributed by atoms with van der Waals surface area (Å²) in [5.41, 5.74) is 0.470. The first-order valence-electron chi connectivity index (χ1n) is 2.87. The van der Waals surface area contributed by atoms with Crippen LogP contribution < -0.4 is 29.6 Å². The number of nitro benzene ring substituents is 1. The molecule has 0 aliphatic rings. The molecule has 0 aromatic heterocycles. The van der Waals surface area contributed by atoms with Crippen LogP contribution in [0.4, 0.5) is 5.69 Å². The van der Waals surface area contributed by atoms with Gasteiger partial charge in [-0.1, -0.05) is 15.9 Å². The standard InChI is InChI=1S/C7H5BrNO2.Na/c1-5-2-3-6(8)4-7(5)9(10)11;/h2-4H,1H2;/q-1;+1. The molecule has 0 unspecified atom stereocenters. The van der Waals surface area contributed by atoms with Gasteiger partial charge in [-0.25, -0.2) is 0 Å². The van der Waals surface area contributed by atoms with Crippen LogP contribution in [0.5, 0.6) is 0 Å². The van der Waals surface area contributed by atoms with Crippen LogP contribution in [0.15, 0.2) is 22.7 Å². The Morgan fingerprint density at radius 3 is 2.50 bits per heavy atom. The van der Waals surface area contributed by atoms with Crippen LogP contribution in [-0.2, 0) is 0 Å². The van der Waals surface area contributed by atoms with E-state index in [1.807, 2.05) is 0 Å². The van der Waals surface area contributed by atoms with Crippen molar-refractivity contribution in [3.8, 4) is 0 Å². The van der Waals surface area contributed by atoms with Crippen molar-refractivity contribution in [3.63, 3.8) is 0 Å². The van der Waals surface area contributed by atoms with E-state index in [1.165, 1.54) is 6.07 Å². The Morgan fingerprint density at radius 1 is 1.50 bits per heavy atom. The summed E-state index contributed by atoms with van der Waals surface area (Å²) >= 11 is 3.13. The third-order valence-corrected chi connectivity index (χ3v) is 1.74. The molecular weight excluding hydrogens is 233 g/mol. The fourth-order valence-corrected chi connectivity index (χ4v) is 1.06. The Morgan fingerprint density at radius 2 is 2.08 bits per heavy atom. The fourth-order valence-electron chi connectivity index (χ4n) is 0.707. The van der Waals surface area contributed by atoms with Crippen LogP contribution in [0.3, 0.4) is 0 Å². The molecule has 0 amide bonds. The van der Waals surface area contributed by atoms with Gasteiger partial charge in [-0.05, 0) is 10.5 Å². The second-order valence-corrected chi connectivity index (χ2v) is 2.95. The van der Waals surface area contributed by atoms with Crippen molar-refractivity contribution in [1.29, 1.82) is 0 Å². The van der Waals surface area contributed by atoms with E-state index in [1.54, 1.807) is 12.1 Å². The first-order chi connectivity index (χ1) is 5.11. The van der Waals surface area contributed by atoms with E-state index < -0.39 is 4.92 Å². The second kappa shape index (κ2) is 4.87. The molecule has 0 atom stereocenters. The minimum absolute atomic E-state index is 0. The Balaban J connectivity index is 0.00000121. The van der Waals surface area contributed by atoms with Gasteiger partial charge >= 0.3 is 29.6 Å². The molecule has 0 N–H and O–H groups in total. The summed E-state index contributed by atoms with van der Waals surface area (Å²) in [6, 6.07) is 4.75. The van der Waals surface area contributed by atoms with E-state index in [9.17, 15) is 10.1 Å². The monoisotopic (exact) mass is 237 g/mol. The number of hydrogen-bond donors (Lipinski definition) is 0. The van der Waals surface area contributed by atoms with Gasteiger partial charge in [-0.2, -0.15) is 13.0 Å². The SMILES string of the molecule is [CH2-]c1ccc(Br)cc1[N+](=O)[O-].[Na+]. The zero-order valence-electron chi connectivity index (χ0n) is 6.58. The molecule has 58 valence electrons. The average molecular weight is 238 g/mol. The molecule has 0 fully saturated rings. The van der Waals surface area contributed by atoms with Crippen LogP contribution in [-0.4, -0.2) is 4.92 Å². The third kappa shape index (κ3) is 2.79. The minimum Gasteiger partial charge on any atom is -0.270 e. The normalized spacial score (nSPS) is 8.75. The number of hydrogen-bond acceptors (Lipinski definition) is 2. The predicted octanol–water partition coefficient (Wildman–Crippen LogP) is -0.457. The van der Waals surface area contributed by atoms with Gasteiger partial charge in [0.25, 0.3) is 0 Å². The molecule has 0 saturated carbocycles. The van der Waals surface area contributed by atoms with Crippen molar-refractivity contribution < 1.29 is 34.5 Å². The molecule has 0 aliphatic heterocycles. The van der Waals surface area contributed by atoms with Crippen molar-refractivity contribution >= 4 is 21.6 Å². The van der Waals surface area contributed by atoms with Crippen molar-refractivity contribution in [1.82, 2.24) is 0 Å². The van der Waals surface area contributed by atoms with E-state index >= 15 is 0 Å². The number of rotatable bonds is 1. The van der Waals surface area contributed by atoms with Gasteiger partial charge in [0, 0.05) is 4.92 Å². The van der Waals surface area contributed by atoms with Gasteiger partial charge in [-0.3, -0.25) is 10.1 Å². The summed E-state index contributed by atoms with van der Waals surface area (Å²) in [5.74, 6) is 0. The zero-order chi connectivity index (χ0) is 8.43. The molecule has 12 heavy (non-hydrogen) atoms. The average Bonchev–Trinajstić information content (AvgIpc) is 1.94. The summed E-state index contributed by atoms with van der Waals surface area (Å²) in [4.78, 5) is 9.87. The summed E-state index contributed by atoms with van der Waals surface area (Å²) in [7, 11) is 0. The minimum atomic E-state index is -0.451. The third-order valence-electron chi connectivity index (χ3n) is 1.24. The number of benzene rings is 1. The quantitative estimate of drug-likeness (QED) is 0.287. The Bertz CT molecular complexity index is 303. The van der Waals surface area contributed by atoms with Crippen LogP contribution in [0.2, 0.25) is 0 Å². The summed E-state index contributed by atoms with van der Waals surface area (Å²) < 4.78 is 0.691. The van der Waals surface area contributed by atoms with E-state index in [2.05, 4.69) is 22.9 Å². The Hall–Kier alpha value is -0.0300. The Kier molecular flexibility index (Phi) is 4.85. The molecule has 1 aromatic carbocycles. The molecule has 0 spiro atoms. The van der Waals surface area contributed by atoms with Crippen molar-refractivity contribution in [3.05, 3.63) is 45.3 Å². The molecular formula is C7H5BrNNaO2. The maximum absolute atomic E-state index is 10.3. The maximum Gasteiger partial charge on any atom is 1.00 e. The molecule has 1 rings (SSSR count). The molecule has 0 aliphatic carbocycles. The topological polar surface area (TPSA) is 43.1 Å². The fraction of sp³-hybridized carbons (Fsp3) is 0. The smallest absolute Gasteiger partial charge is 0.270 e. The maximum atomic E-state index is 10.3. The van der Waals surface area contributed by atoms with Gasteiger partial charge < -0.3 is 0 Å². The summed E-state index contributed by atoms with van der Waals surface area (Å²) in [6.07, 6.45) is 0. The summed E-state index contributed by atoms with van der Waals surface area (Å²) in [6.45, 7) is 3.52.